The zero-order valence-corrected chi connectivity index (χ0v) is 15.3. The predicted molar refractivity (Wildman–Crippen MR) is 96.6 cm³/mol. The number of halogens is 3. The molecule has 1 aromatic heterocycles. The number of carbonyl (C=O) groups excluding carboxylic acids is 1. The summed E-state index contributed by atoms with van der Waals surface area (Å²) in [6.45, 7) is 1.67. The zero-order chi connectivity index (χ0) is 17.9. The van der Waals surface area contributed by atoms with Gasteiger partial charge in [-0.1, -0.05) is 46.6 Å². The van der Waals surface area contributed by atoms with E-state index < -0.39 is 5.25 Å². The van der Waals surface area contributed by atoms with Gasteiger partial charge in [0.25, 0.3) is 0 Å². The first-order chi connectivity index (χ1) is 11.3. The Morgan fingerprint density at radius 1 is 1.33 bits per heavy atom. The van der Waals surface area contributed by atoms with Gasteiger partial charge >= 0.3 is 0 Å². The number of benzene rings is 1. The van der Waals surface area contributed by atoms with Gasteiger partial charge in [-0.2, -0.15) is 5.26 Å². The minimum atomic E-state index is -0.539. The van der Waals surface area contributed by atoms with Crippen molar-refractivity contribution in [2.45, 2.75) is 17.3 Å². The third kappa shape index (κ3) is 4.42. The Morgan fingerprint density at radius 3 is 2.62 bits per heavy atom. The highest BCUT2D eigenvalue weighted by Crippen LogP contribution is 2.33. The number of carbonyl (C=O) groups is 1. The van der Waals surface area contributed by atoms with E-state index in [1.54, 1.807) is 6.92 Å². The number of hydrogen-bond donors (Lipinski definition) is 2. The van der Waals surface area contributed by atoms with Crippen LogP contribution in [0.1, 0.15) is 12.5 Å². The Labute approximate surface area is 157 Å². The fourth-order valence-electron chi connectivity index (χ4n) is 1.59. The standard InChI is InChI=1S/C14H10Cl3N5OS/c1-6(24-14-20-5-7(4-18)12(19)22-14)13(23)21-11-3-9(16)8(15)2-10(11)17/h2-3,5-6H,1H3,(H,21,23)(H2,19,20,22). The lowest BCUT2D eigenvalue weighted by atomic mass is 10.3. The molecule has 1 unspecified atom stereocenters. The average molecular weight is 403 g/mol. The topological polar surface area (TPSA) is 105 Å². The molecule has 0 spiro atoms. The summed E-state index contributed by atoms with van der Waals surface area (Å²) in [4.78, 5) is 20.2. The van der Waals surface area contributed by atoms with Crippen LogP contribution in [0.25, 0.3) is 0 Å². The van der Waals surface area contributed by atoms with Crippen molar-refractivity contribution >= 4 is 64.0 Å². The number of amides is 1. The monoisotopic (exact) mass is 401 g/mol. The molecule has 0 bridgehead atoms. The van der Waals surface area contributed by atoms with Crippen molar-refractivity contribution in [2.75, 3.05) is 11.1 Å². The predicted octanol–water partition coefficient (Wildman–Crippen LogP) is 4.01. The van der Waals surface area contributed by atoms with Crippen molar-refractivity contribution in [1.29, 1.82) is 5.26 Å². The van der Waals surface area contributed by atoms with Gasteiger partial charge in [-0.3, -0.25) is 4.79 Å². The fourth-order valence-corrected chi connectivity index (χ4v) is 2.93. The smallest absolute Gasteiger partial charge is 0.237 e. The highest BCUT2D eigenvalue weighted by Gasteiger charge is 2.18. The van der Waals surface area contributed by atoms with Gasteiger partial charge in [0.1, 0.15) is 17.5 Å². The minimum absolute atomic E-state index is 0.0649. The van der Waals surface area contributed by atoms with Crippen LogP contribution in [0.2, 0.25) is 15.1 Å². The molecule has 3 N–H and O–H groups in total. The first kappa shape index (κ1) is 18.6. The lowest BCUT2D eigenvalue weighted by molar-refractivity contribution is -0.115. The number of rotatable bonds is 4. The number of nitrogen functional groups attached to an aromatic ring is 1. The number of nitrogens with two attached hydrogens (primary N) is 1. The molecular formula is C14H10Cl3N5OS. The summed E-state index contributed by atoms with van der Waals surface area (Å²) in [5, 5.41) is 12.1. The van der Waals surface area contributed by atoms with Crippen LogP contribution in [-0.4, -0.2) is 21.1 Å². The number of thioether (sulfide) groups is 1. The molecule has 24 heavy (non-hydrogen) atoms. The van der Waals surface area contributed by atoms with Crippen molar-refractivity contribution in [2.24, 2.45) is 0 Å². The van der Waals surface area contributed by atoms with Crippen molar-refractivity contribution in [3.05, 3.63) is 39.0 Å². The van der Waals surface area contributed by atoms with Gasteiger partial charge in [-0.15, -0.1) is 0 Å². The summed E-state index contributed by atoms with van der Waals surface area (Å²) in [6, 6.07) is 4.79. The second-order valence-corrected chi connectivity index (χ2v) is 7.09. The Morgan fingerprint density at radius 2 is 2.00 bits per heavy atom. The van der Waals surface area contributed by atoms with Crippen molar-refractivity contribution in [3.8, 4) is 6.07 Å². The van der Waals surface area contributed by atoms with Crippen LogP contribution in [0, 0.1) is 11.3 Å². The maximum Gasteiger partial charge on any atom is 0.237 e. The van der Waals surface area contributed by atoms with Gasteiger partial charge in [0.15, 0.2) is 5.16 Å². The molecule has 2 rings (SSSR count). The molecule has 1 aromatic carbocycles. The first-order valence-corrected chi connectivity index (χ1v) is 8.48. The van der Waals surface area contributed by atoms with Crippen LogP contribution >= 0.6 is 46.6 Å². The number of nitrogens with zero attached hydrogens (tertiary/aromatic N) is 3. The maximum absolute atomic E-state index is 12.3. The Bertz CT molecular complexity index is 840. The molecule has 124 valence electrons. The molecule has 0 saturated heterocycles. The SMILES string of the molecule is CC(Sc1ncc(C#N)c(N)n1)C(=O)Nc1cc(Cl)c(Cl)cc1Cl. The van der Waals surface area contributed by atoms with Crippen LogP contribution in [-0.2, 0) is 4.79 Å². The molecule has 1 amide bonds. The van der Waals surface area contributed by atoms with Crippen LogP contribution in [0.4, 0.5) is 11.5 Å². The highest BCUT2D eigenvalue weighted by molar-refractivity contribution is 8.00. The highest BCUT2D eigenvalue weighted by atomic mass is 35.5. The molecule has 0 saturated carbocycles. The number of aromatic nitrogens is 2. The quantitative estimate of drug-likeness (QED) is 0.455. The van der Waals surface area contributed by atoms with Gasteiger partial charge in [-0.25, -0.2) is 9.97 Å². The van der Waals surface area contributed by atoms with Gasteiger partial charge < -0.3 is 11.1 Å². The normalized spacial score (nSPS) is 11.6. The second kappa shape index (κ2) is 7.90. The Hall–Kier alpha value is -1.72. The lowest BCUT2D eigenvalue weighted by Crippen LogP contribution is -2.23. The van der Waals surface area contributed by atoms with Crippen LogP contribution < -0.4 is 11.1 Å². The molecule has 10 heteroatoms. The molecule has 1 atom stereocenters. The van der Waals surface area contributed by atoms with E-state index in [2.05, 4.69) is 15.3 Å². The first-order valence-electron chi connectivity index (χ1n) is 6.46. The molecule has 0 aliphatic heterocycles. The van der Waals surface area contributed by atoms with E-state index in [0.717, 1.165) is 11.8 Å². The van der Waals surface area contributed by atoms with E-state index >= 15 is 0 Å². The second-order valence-electron chi connectivity index (χ2n) is 4.56. The van der Waals surface area contributed by atoms with Crippen LogP contribution in [0.15, 0.2) is 23.5 Å². The summed E-state index contributed by atoms with van der Waals surface area (Å²) < 4.78 is 0. The van der Waals surface area contributed by atoms with E-state index in [0.29, 0.717) is 10.7 Å². The average Bonchev–Trinajstić information content (AvgIpc) is 2.52. The van der Waals surface area contributed by atoms with Crippen LogP contribution in [0.5, 0.6) is 0 Å². The largest absolute Gasteiger partial charge is 0.382 e. The van der Waals surface area contributed by atoms with E-state index in [1.165, 1.54) is 18.3 Å². The van der Waals surface area contributed by atoms with Crippen molar-refractivity contribution in [3.63, 3.8) is 0 Å². The lowest BCUT2D eigenvalue weighted by Gasteiger charge is -2.13. The summed E-state index contributed by atoms with van der Waals surface area (Å²) in [6.07, 6.45) is 1.31. The maximum atomic E-state index is 12.3. The third-order valence-corrected chi connectivity index (χ3v) is 4.85. The summed E-state index contributed by atoms with van der Waals surface area (Å²) in [5.41, 5.74) is 6.16. The summed E-state index contributed by atoms with van der Waals surface area (Å²) in [7, 11) is 0. The van der Waals surface area contributed by atoms with Gasteiger partial charge in [0.2, 0.25) is 5.91 Å². The molecule has 0 aliphatic carbocycles. The van der Waals surface area contributed by atoms with Crippen molar-refractivity contribution in [1.82, 2.24) is 9.97 Å². The minimum Gasteiger partial charge on any atom is -0.382 e. The van der Waals surface area contributed by atoms with E-state index in [1.807, 2.05) is 6.07 Å². The van der Waals surface area contributed by atoms with Gasteiger partial charge in [0.05, 0.1) is 32.2 Å². The Balaban J connectivity index is 2.09. The summed E-state index contributed by atoms with van der Waals surface area (Å²) in [5.74, 6) is -0.262. The van der Waals surface area contributed by atoms with Gasteiger partial charge in [0, 0.05) is 0 Å². The molecule has 0 aliphatic rings. The third-order valence-electron chi connectivity index (χ3n) is 2.84. The molecule has 0 radical (unpaired) electrons. The molecule has 2 aromatic rings. The number of hydrogen-bond acceptors (Lipinski definition) is 6. The van der Waals surface area contributed by atoms with Gasteiger partial charge in [-0.05, 0) is 19.1 Å². The Kier molecular flexibility index (Phi) is 6.13. The number of nitriles is 1. The number of nitrogens with one attached hydrogen (secondary N) is 1. The zero-order valence-electron chi connectivity index (χ0n) is 12.2. The molecule has 1 heterocycles. The number of anilines is 2. The van der Waals surface area contributed by atoms with Crippen molar-refractivity contribution < 1.29 is 4.79 Å². The van der Waals surface area contributed by atoms with Crippen LogP contribution in [0.3, 0.4) is 0 Å². The fraction of sp³-hybridized carbons (Fsp3) is 0.143. The van der Waals surface area contributed by atoms with E-state index in [-0.39, 0.29) is 32.5 Å². The van der Waals surface area contributed by atoms with E-state index in [9.17, 15) is 4.79 Å². The molecular weight excluding hydrogens is 393 g/mol. The summed E-state index contributed by atoms with van der Waals surface area (Å²) >= 11 is 18.9. The van der Waals surface area contributed by atoms with E-state index in [4.69, 9.17) is 45.8 Å². The molecule has 0 fully saturated rings. The molecule has 6 nitrogen and oxygen atoms in total.